The minimum Gasteiger partial charge on any atom is -0.457 e. The second-order valence-electron chi connectivity index (χ2n) is 4.50. The van der Waals surface area contributed by atoms with Crippen molar-refractivity contribution in [2.24, 2.45) is 0 Å². The van der Waals surface area contributed by atoms with E-state index in [9.17, 15) is 9.59 Å². The lowest BCUT2D eigenvalue weighted by Crippen LogP contribution is -2.20. The Morgan fingerprint density at radius 3 is 2.00 bits per heavy atom. The zero-order valence-corrected chi connectivity index (χ0v) is 12.0. The van der Waals surface area contributed by atoms with Gasteiger partial charge in [-0.1, -0.05) is 64.5 Å². The normalized spacial score (nSPS) is 9.95. The Hall–Kier alpha value is -1.32. The molecular weight excluding hydrogens is 244 g/mol. The average molecular weight is 270 g/mol. The number of esters is 2. The third-order valence-corrected chi connectivity index (χ3v) is 2.73. The van der Waals surface area contributed by atoms with Crippen molar-refractivity contribution in [2.45, 2.75) is 58.3 Å². The van der Waals surface area contributed by atoms with E-state index >= 15 is 0 Å². The zero-order chi connectivity index (χ0) is 14.3. The van der Waals surface area contributed by atoms with Crippen molar-refractivity contribution >= 4 is 11.9 Å². The summed E-state index contributed by atoms with van der Waals surface area (Å²) < 4.78 is 9.35. The lowest BCUT2D eigenvalue weighted by atomic mass is 10.1. The fourth-order valence-corrected chi connectivity index (χ4v) is 1.65. The summed E-state index contributed by atoms with van der Waals surface area (Å²) in [7, 11) is 0. The van der Waals surface area contributed by atoms with E-state index in [1.165, 1.54) is 38.2 Å². The first-order chi connectivity index (χ1) is 9.22. The Kier molecular flexibility index (Phi) is 12.2. The van der Waals surface area contributed by atoms with E-state index in [0.717, 1.165) is 19.3 Å². The smallest absolute Gasteiger partial charge is 0.417 e. The molecule has 0 aliphatic rings. The van der Waals surface area contributed by atoms with Gasteiger partial charge in [-0.2, -0.15) is 0 Å². The second-order valence-corrected chi connectivity index (χ2v) is 4.50. The van der Waals surface area contributed by atoms with Gasteiger partial charge in [0, 0.05) is 0 Å². The lowest BCUT2D eigenvalue weighted by Gasteiger charge is -2.04. The van der Waals surface area contributed by atoms with Crippen molar-refractivity contribution in [1.82, 2.24) is 0 Å². The van der Waals surface area contributed by atoms with E-state index in [0.29, 0.717) is 0 Å². The van der Waals surface area contributed by atoms with Crippen LogP contribution in [0.15, 0.2) is 12.7 Å². The molecule has 0 radical (unpaired) electrons. The predicted octanol–water partition coefficient (Wildman–Crippen LogP) is 3.40. The molecule has 0 atom stereocenters. The van der Waals surface area contributed by atoms with Crippen LogP contribution in [-0.2, 0) is 19.1 Å². The highest BCUT2D eigenvalue weighted by Crippen LogP contribution is 2.08. The van der Waals surface area contributed by atoms with E-state index in [2.05, 4.69) is 18.2 Å². The van der Waals surface area contributed by atoms with Crippen molar-refractivity contribution in [2.75, 3.05) is 13.2 Å². The van der Waals surface area contributed by atoms with Crippen LogP contribution < -0.4 is 0 Å². The lowest BCUT2D eigenvalue weighted by molar-refractivity contribution is -0.167. The molecule has 0 bridgehead atoms. The van der Waals surface area contributed by atoms with Crippen molar-refractivity contribution in [3.63, 3.8) is 0 Å². The van der Waals surface area contributed by atoms with Gasteiger partial charge in [0.2, 0.25) is 0 Å². The maximum atomic E-state index is 11.1. The molecule has 0 unspecified atom stereocenters. The van der Waals surface area contributed by atoms with Crippen LogP contribution in [0.5, 0.6) is 0 Å². The standard InChI is InChI=1S/C15H26O4/c1-3-5-6-7-8-9-10-11-13-19-15(17)14(16)18-12-4-2/h4H,2-3,5-13H2,1H3. The maximum absolute atomic E-state index is 11.1. The highest BCUT2D eigenvalue weighted by Gasteiger charge is 2.15. The largest absolute Gasteiger partial charge is 0.457 e. The molecule has 0 aromatic rings. The van der Waals surface area contributed by atoms with E-state index in [1.807, 2.05) is 0 Å². The van der Waals surface area contributed by atoms with E-state index in [1.54, 1.807) is 0 Å². The van der Waals surface area contributed by atoms with Gasteiger partial charge < -0.3 is 9.47 Å². The van der Waals surface area contributed by atoms with Gasteiger partial charge in [-0.3, -0.25) is 0 Å². The minimum absolute atomic E-state index is 0.0334. The van der Waals surface area contributed by atoms with Gasteiger partial charge in [0.15, 0.2) is 0 Å². The molecule has 0 amide bonds. The fraction of sp³-hybridized carbons (Fsp3) is 0.733. The molecule has 0 heterocycles. The quantitative estimate of drug-likeness (QED) is 0.250. The third-order valence-electron chi connectivity index (χ3n) is 2.73. The maximum Gasteiger partial charge on any atom is 0.417 e. The molecule has 0 rings (SSSR count). The number of carbonyl (C=O) groups excluding carboxylic acids is 2. The first-order valence-electron chi connectivity index (χ1n) is 7.17. The monoisotopic (exact) mass is 270 g/mol. The number of carbonyl (C=O) groups is 2. The van der Waals surface area contributed by atoms with Crippen LogP contribution in [0, 0.1) is 0 Å². The van der Waals surface area contributed by atoms with Crippen LogP contribution in [0.25, 0.3) is 0 Å². The summed E-state index contributed by atoms with van der Waals surface area (Å²) in [5.74, 6) is -1.86. The summed E-state index contributed by atoms with van der Waals surface area (Å²) in [6.45, 7) is 5.91. The topological polar surface area (TPSA) is 52.6 Å². The van der Waals surface area contributed by atoms with E-state index in [4.69, 9.17) is 4.74 Å². The highest BCUT2D eigenvalue weighted by molar-refractivity contribution is 6.29. The molecule has 0 spiro atoms. The van der Waals surface area contributed by atoms with Gasteiger partial charge in [0.25, 0.3) is 0 Å². The van der Waals surface area contributed by atoms with Crippen molar-refractivity contribution in [3.05, 3.63) is 12.7 Å². The molecule has 0 saturated carbocycles. The molecule has 0 fully saturated rings. The van der Waals surface area contributed by atoms with E-state index in [-0.39, 0.29) is 13.2 Å². The van der Waals surface area contributed by atoms with Gasteiger partial charge in [-0.25, -0.2) is 9.59 Å². The Balaban J connectivity index is 3.31. The number of rotatable bonds is 11. The summed E-state index contributed by atoms with van der Waals surface area (Å²) in [5, 5.41) is 0. The number of hydrogen-bond acceptors (Lipinski definition) is 4. The van der Waals surface area contributed by atoms with E-state index < -0.39 is 11.9 Å². The van der Waals surface area contributed by atoms with Gasteiger partial charge in [0.1, 0.15) is 6.61 Å². The third kappa shape index (κ3) is 11.5. The number of ether oxygens (including phenoxy) is 2. The Labute approximate surface area is 116 Å². The first-order valence-corrected chi connectivity index (χ1v) is 7.17. The van der Waals surface area contributed by atoms with Gasteiger partial charge in [-0.15, -0.1) is 0 Å². The fourth-order valence-electron chi connectivity index (χ4n) is 1.65. The van der Waals surface area contributed by atoms with Crippen LogP contribution in [0.3, 0.4) is 0 Å². The molecule has 0 aromatic heterocycles. The SMILES string of the molecule is C=CCOC(=O)C(=O)OCCCCCCCCCC. The highest BCUT2D eigenvalue weighted by atomic mass is 16.6. The summed E-state index contributed by atoms with van der Waals surface area (Å²) in [4.78, 5) is 22.1. The first kappa shape index (κ1) is 17.7. The molecule has 0 aliphatic heterocycles. The molecule has 0 aromatic carbocycles. The summed E-state index contributed by atoms with van der Waals surface area (Å²) in [6.07, 6.45) is 10.8. The molecular formula is C15H26O4. The molecule has 19 heavy (non-hydrogen) atoms. The second kappa shape index (κ2) is 13.1. The average Bonchev–Trinajstić information content (AvgIpc) is 2.42. The van der Waals surface area contributed by atoms with Crippen molar-refractivity contribution in [3.8, 4) is 0 Å². The van der Waals surface area contributed by atoms with Gasteiger partial charge >= 0.3 is 11.9 Å². The van der Waals surface area contributed by atoms with Crippen LogP contribution in [0.2, 0.25) is 0 Å². The molecule has 0 aliphatic carbocycles. The molecule has 110 valence electrons. The summed E-state index contributed by atoms with van der Waals surface area (Å²) in [6, 6.07) is 0. The molecule has 0 N–H and O–H groups in total. The van der Waals surface area contributed by atoms with Crippen LogP contribution in [-0.4, -0.2) is 25.2 Å². The van der Waals surface area contributed by atoms with Crippen LogP contribution in [0.1, 0.15) is 58.3 Å². The van der Waals surface area contributed by atoms with Gasteiger partial charge in [0.05, 0.1) is 6.61 Å². The number of unbranched alkanes of at least 4 members (excludes halogenated alkanes) is 7. The summed E-state index contributed by atoms with van der Waals surface area (Å²) in [5.41, 5.74) is 0. The molecule has 4 nitrogen and oxygen atoms in total. The van der Waals surface area contributed by atoms with Gasteiger partial charge in [-0.05, 0) is 6.42 Å². The zero-order valence-electron chi connectivity index (χ0n) is 12.0. The Bertz CT molecular complexity index is 261. The predicted molar refractivity (Wildman–Crippen MR) is 74.7 cm³/mol. The van der Waals surface area contributed by atoms with Crippen molar-refractivity contribution < 1.29 is 19.1 Å². The summed E-state index contributed by atoms with van der Waals surface area (Å²) >= 11 is 0. The number of hydrogen-bond donors (Lipinski definition) is 0. The Morgan fingerprint density at radius 2 is 1.42 bits per heavy atom. The van der Waals surface area contributed by atoms with Crippen LogP contribution in [0.4, 0.5) is 0 Å². The molecule has 4 heteroatoms. The Morgan fingerprint density at radius 1 is 0.895 bits per heavy atom. The van der Waals surface area contributed by atoms with Crippen LogP contribution >= 0.6 is 0 Å². The van der Waals surface area contributed by atoms with Crippen molar-refractivity contribution in [1.29, 1.82) is 0 Å². The minimum atomic E-state index is -0.945. The molecule has 0 saturated heterocycles.